The van der Waals surface area contributed by atoms with E-state index in [1.165, 1.54) is 0 Å². The van der Waals surface area contributed by atoms with Gasteiger partial charge in [0.05, 0.1) is 11.4 Å². The van der Waals surface area contributed by atoms with Gasteiger partial charge in [-0.15, -0.1) is 0 Å². The topological polar surface area (TPSA) is 71.4 Å². The zero-order chi connectivity index (χ0) is 14.8. The average Bonchev–Trinajstić information content (AvgIpc) is 2.47. The number of ether oxygens (including phenoxy) is 1. The van der Waals surface area contributed by atoms with Crippen LogP contribution in [0.5, 0.6) is 0 Å². The molecule has 0 radical (unpaired) electrons. The van der Waals surface area contributed by atoms with Gasteiger partial charge >= 0.3 is 0 Å². The third-order valence-electron chi connectivity index (χ3n) is 3.45. The highest BCUT2D eigenvalue weighted by Crippen LogP contribution is 2.25. The van der Waals surface area contributed by atoms with Crippen molar-refractivity contribution in [3.05, 3.63) is 53.9 Å². The van der Waals surface area contributed by atoms with Gasteiger partial charge < -0.3 is 10.5 Å². The van der Waals surface area contributed by atoms with Crippen LogP contribution < -0.4 is 5.73 Å². The van der Waals surface area contributed by atoms with Gasteiger partial charge in [0, 0.05) is 6.42 Å². The first-order valence-corrected chi connectivity index (χ1v) is 6.80. The van der Waals surface area contributed by atoms with Crippen LogP contribution in [0.1, 0.15) is 13.3 Å². The molecule has 4 nitrogen and oxygen atoms in total. The van der Waals surface area contributed by atoms with E-state index in [0.717, 1.165) is 16.5 Å². The predicted octanol–water partition coefficient (Wildman–Crippen LogP) is 3.41. The average molecular weight is 277 g/mol. The molecule has 1 aliphatic heterocycles. The normalized spacial score (nSPS) is 20.4. The summed E-state index contributed by atoms with van der Waals surface area (Å²) in [6.45, 7) is 1.91. The molecule has 1 heterocycles. The Morgan fingerprint density at radius 1 is 1.24 bits per heavy atom. The quantitative estimate of drug-likeness (QED) is 0.868. The maximum absolute atomic E-state index is 9.22. The lowest BCUT2D eigenvalue weighted by molar-refractivity contribution is 0.128. The van der Waals surface area contributed by atoms with Gasteiger partial charge in [0.15, 0.2) is 0 Å². The van der Waals surface area contributed by atoms with Crippen molar-refractivity contribution in [1.82, 2.24) is 0 Å². The second kappa shape index (κ2) is 5.29. The van der Waals surface area contributed by atoms with Gasteiger partial charge in [-0.3, -0.25) is 4.99 Å². The van der Waals surface area contributed by atoms with Gasteiger partial charge in [0.2, 0.25) is 5.88 Å². The summed E-state index contributed by atoms with van der Waals surface area (Å²) in [5.74, 6) is 0.163. The van der Waals surface area contributed by atoms with E-state index >= 15 is 0 Å². The Balaban J connectivity index is 2.06. The Labute approximate surface area is 123 Å². The first kappa shape index (κ1) is 13.2. The minimum absolute atomic E-state index is 0.0682. The highest BCUT2D eigenvalue weighted by molar-refractivity contribution is 6.06. The van der Waals surface area contributed by atoms with Crippen molar-refractivity contribution in [3.8, 4) is 6.07 Å². The van der Waals surface area contributed by atoms with Crippen molar-refractivity contribution in [1.29, 1.82) is 5.26 Å². The lowest BCUT2D eigenvalue weighted by Crippen LogP contribution is -2.26. The molecule has 1 atom stereocenters. The van der Waals surface area contributed by atoms with Crippen molar-refractivity contribution in [2.75, 3.05) is 0 Å². The van der Waals surface area contributed by atoms with Crippen LogP contribution in [0.4, 0.5) is 5.69 Å². The van der Waals surface area contributed by atoms with Crippen molar-refractivity contribution < 1.29 is 4.74 Å². The fourth-order valence-corrected chi connectivity index (χ4v) is 2.46. The molecule has 2 aromatic carbocycles. The largest absolute Gasteiger partial charge is 0.475 e. The Hall–Kier alpha value is -2.80. The minimum Gasteiger partial charge on any atom is -0.475 e. The number of fused-ring (bicyclic) bond motifs is 1. The van der Waals surface area contributed by atoms with Crippen LogP contribution in [0.25, 0.3) is 10.8 Å². The van der Waals surface area contributed by atoms with Gasteiger partial charge in [0.1, 0.15) is 17.7 Å². The van der Waals surface area contributed by atoms with Gasteiger partial charge in [-0.25, -0.2) is 0 Å². The lowest BCUT2D eigenvalue weighted by atomic mass is 10.0. The van der Waals surface area contributed by atoms with E-state index in [1.54, 1.807) is 0 Å². The van der Waals surface area contributed by atoms with Crippen molar-refractivity contribution in [2.45, 2.75) is 19.4 Å². The molecule has 3 rings (SSSR count). The van der Waals surface area contributed by atoms with Crippen molar-refractivity contribution >= 4 is 22.2 Å². The number of hydrogen-bond donors (Lipinski definition) is 1. The summed E-state index contributed by atoms with van der Waals surface area (Å²) in [6, 6.07) is 16.2. The van der Waals surface area contributed by atoms with E-state index < -0.39 is 0 Å². The van der Waals surface area contributed by atoms with Crippen LogP contribution in [-0.2, 0) is 4.74 Å². The summed E-state index contributed by atoms with van der Waals surface area (Å²) in [6.07, 6.45) is 0.512. The molecule has 0 saturated heterocycles. The monoisotopic (exact) mass is 277 g/mol. The molecule has 0 spiro atoms. The van der Waals surface area contributed by atoms with E-state index in [-0.39, 0.29) is 12.0 Å². The summed E-state index contributed by atoms with van der Waals surface area (Å²) in [5, 5.41) is 11.5. The summed E-state index contributed by atoms with van der Waals surface area (Å²) >= 11 is 0. The first-order chi connectivity index (χ1) is 10.2. The third-order valence-corrected chi connectivity index (χ3v) is 3.45. The summed E-state index contributed by atoms with van der Waals surface area (Å²) in [7, 11) is 0. The molecule has 21 heavy (non-hydrogen) atoms. The van der Waals surface area contributed by atoms with E-state index in [9.17, 15) is 5.26 Å². The van der Waals surface area contributed by atoms with Crippen LogP contribution in [-0.4, -0.2) is 11.8 Å². The molecule has 2 aromatic rings. The SMILES string of the molecule is CC1CC(=Nc2ccc3ccccc3c2)C(C#N)=C(N)O1. The Bertz CT molecular complexity index is 799. The molecule has 104 valence electrons. The standard InChI is InChI=1S/C17H15N3O/c1-11-8-16(15(10-18)17(19)21-11)20-14-7-6-12-4-2-3-5-13(12)9-14/h2-7,9,11H,8,19H2,1H3. The lowest BCUT2D eigenvalue weighted by Gasteiger charge is -2.22. The molecule has 0 amide bonds. The summed E-state index contributed by atoms with van der Waals surface area (Å²) in [4.78, 5) is 4.60. The molecule has 2 N–H and O–H groups in total. The van der Waals surface area contributed by atoms with Gasteiger partial charge in [-0.05, 0) is 29.8 Å². The molecular formula is C17H15N3O. The molecule has 1 aliphatic rings. The van der Waals surface area contributed by atoms with Gasteiger partial charge in [-0.2, -0.15) is 5.26 Å². The Kier molecular flexibility index (Phi) is 3.33. The van der Waals surface area contributed by atoms with Crippen molar-refractivity contribution in [3.63, 3.8) is 0 Å². The smallest absolute Gasteiger partial charge is 0.204 e. The molecule has 1 unspecified atom stereocenters. The molecule has 4 heteroatoms. The number of nitrogens with zero attached hydrogens (tertiary/aromatic N) is 2. The number of benzene rings is 2. The number of aliphatic imine (C=N–C) groups is 1. The molecule has 0 saturated carbocycles. The number of rotatable bonds is 1. The number of hydrogen-bond acceptors (Lipinski definition) is 4. The number of nitrogens with two attached hydrogens (primary N) is 1. The maximum Gasteiger partial charge on any atom is 0.204 e. The van der Waals surface area contributed by atoms with E-state index in [0.29, 0.717) is 17.7 Å². The number of nitriles is 1. The zero-order valence-corrected chi connectivity index (χ0v) is 11.7. The van der Waals surface area contributed by atoms with E-state index in [4.69, 9.17) is 10.5 Å². The van der Waals surface area contributed by atoms with Crippen molar-refractivity contribution in [2.24, 2.45) is 10.7 Å². The maximum atomic E-state index is 9.22. The van der Waals surface area contributed by atoms with Gasteiger partial charge in [-0.1, -0.05) is 30.3 Å². The highest BCUT2D eigenvalue weighted by Gasteiger charge is 2.23. The van der Waals surface area contributed by atoms with Gasteiger partial charge in [0.25, 0.3) is 0 Å². The minimum atomic E-state index is -0.0682. The second-order valence-corrected chi connectivity index (χ2v) is 5.07. The number of allylic oxidation sites excluding steroid dienone is 1. The highest BCUT2D eigenvalue weighted by atomic mass is 16.5. The predicted molar refractivity (Wildman–Crippen MR) is 83.0 cm³/mol. The molecular weight excluding hydrogens is 262 g/mol. The fourth-order valence-electron chi connectivity index (χ4n) is 2.46. The van der Waals surface area contributed by atoms with E-state index in [1.807, 2.05) is 43.3 Å². The van der Waals surface area contributed by atoms with E-state index in [2.05, 4.69) is 17.1 Å². The van der Waals surface area contributed by atoms with Crippen LogP contribution >= 0.6 is 0 Å². The summed E-state index contributed by atoms with van der Waals surface area (Å²) < 4.78 is 5.38. The third kappa shape index (κ3) is 2.59. The zero-order valence-electron chi connectivity index (χ0n) is 11.7. The first-order valence-electron chi connectivity index (χ1n) is 6.80. The molecule has 0 bridgehead atoms. The van der Waals surface area contributed by atoms with Crippen LogP contribution in [0.3, 0.4) is 0 Å². The molecule has 0 aromatic heterocycles. The summed E-state index contributed by atoms with van der Waals surface area (Å²) in [5.41, 5.74) is 7.61. The van der Waals surface area contributed by atoms with Crippen LogP contribution in [0, 0.1) is 11.3 Å². The second-order valence-electron chi connectivity index (χ2n) is 5.07. The fraction of sp³-hybridized carbons (Fsp3) is 0.176. The van der Waals surface area contributed by atoms with Crippen LogP contribution in [0.2, 0.25) is 0 Å². The molecule has 0 aliphatic carbocycles. The Morgan fingerprint density at radius 2 is 2.00 bits per heavy atom. The Morgan fingerprint density at radius 3 is 2.76 bits per heavy atom. The molecule has 0 fully saturated rings. The van der Waals surface area contributed by atoms with Crippen LogP contribution in [0.15, 0.2) is 58.9 Å².